The van der Waals surface area contributed by atoms with E-state index >= 15 is 0 Å². The first-order chi connectivity index (χ1) is 7.40. The van der Waals surface area contributed by atoms with Crippen molar-refractivity contribution in [3.05, 3.63) is 34.9 Å². The van der Waals surface area contributed by atoms with Gasteiger partial charge in [0.2, 0.25) is 0 Å². The summed E-state index contributed by atoms with van der Waals surface area (Å²) in [5.74, 6) is 1.21. The quantitative estimate of drug-likeness (QED) is 0.824. The van der Waals surface area contributed by atoms with E-state index in [9.17, 15) is 0 Å². The summed E-state index contributed by atoms with van der Waals surface area (Å²) in [6.07, 6.45) is 1.10. The van der Waals surface area contributed by atoms with E-state index in [0.29, 0.717) is 11.8 Å². The van der Waals surface area contributed by atoms with Crippen LogP contribution in [-0.2, 0) is 6.42 Å². The van der Waals surface area contributed by atoms with Crippen molar-refractivity contribution in [2.45, 2.75) is 47.1 Å². The Kier molecular flexibility index (Phi) is 4.55. The molecule has 16 heavy (non-hydrogen) atoms. The van der Waals surface area contributed by atoms with Crippen molar-refractivity contribution in [3.63, 3.8) is 0 Å². The average molecular weight is 219 g/mol. The summed E-state index contributed by atoms with van der Waals surface area (Å²) in [5, 5.41) is 0. The Morgan fingerprint density at radius 2 is 1.50 bits per heavy atom. The SMILES string of the molecule is Cc1cc(C)cc(CC(C(C)C)C(C)N)c1. The third kappa shape index (κ3) is 3.64. The van der Waals surface area contributed by atoms with E-state index in [-0.39, 0.29) is 6.04 Å². The van der Waals surface area contributed by atoms with Crippen molar-refractivity contribution in [1.82, 2.24) is 0 Å². The smallest absolute Gasteiger partial charge is 0.00443 e. The molecule has 1 heteroatoms. The molecule has 0 amide bonds. The summed E-state index contributed by atoms with van der Waals surface area (Å²) in [4.78, 5) is 0. The van der Waals surface area contributed by atoms with Gasteiger partial charge in [-0.3, -0.25) is 0 Å². The molecule has 1 rings (SSSR count). The van der Waals surface area contributed by atoms with Crippen LogP contribution in [0.4, 0.5) is 0 Å². The first-order valence-electron chi connectivity index (χ1n) is 6.23. The first-order valence-corrected chi connectivity index (χ1v) is 6.23. The molecule has 0 radical (unpaired) electrons. The highest BCUT2D eigenvalue weighted by Crippen LogP contribution is 2.21. The molecule has 2 atom stereocenters. The molecule has 0 saturated carbocycles. The van der Waals surface area contributed by atoms with Crippen molar-refractivity contribution in [3.8, 4) is 0 Å². The van der Waals surface area contributed by atoms with Gasteiger partial charge in [0.05, 0.1) is 0 Å². The molecule has 0 aliphatic heterocycles. The molecule has 0 aliphatic carbocycles. The lowest BCUT2D eigenvalue weighted by atomic mass is 9.84. The van der Waals surface area contributed by atoms with Gasteiger partial charge in [-0.1, -0.05) is 43.2 Å². The van der Waals surface area contributed by atoms with Crippen LogP contribution in [0.3, 0.4) is 0 Å². The van der Waals surface area contributed by atoms with Crippen LogP contribution in [0, 0.1) is 25.7 Å². The third-order valence-corrected chi connectivity index (χ3v) is 3.28. The molecule has 0 bridgehead atoms. The van der Waals surface area contributed by atoms with Crippen LogP contribution in [0.2, 0.25) is 0 Å². The predicted octanol–water partition coefficient (Wildman–Crippen LogP) is 3.47. The fraction of sp³-hybridized carbons (Fsp3) is 0.600. The molecule has 0 heterocycles. The summed E-state index contributed by atoms with van der Waals surface area (Å²) < 4.78 is 0. The molecule has 0 saturated heterocycles. The fourth-order valence-electron chi connectivity index (χ4n) is 2.49. The highest BCUT2D eigenvalue weighted by molar-refractivity contribution is 5.29. The average Bonchev–Trinajstić information content (AvgIpc) is 2.11. The maximum atomic E-state index is 6.06. The van der Waals surface area contributed by atoms with E-state index in [0.717, 1.165) is 6.42 Å². The van der Waals surface area contributed by atoms with Crippen molar-refractivity contribution < 1.29 is 0 Å². The lowest BCUT2D eigenvalue weighted by Gasteiger charge is -2.25. The molecule has 1 aromatic rings. The molecule has 0 spiro atoms. The maximum Gasteiger partial charge on any atom is 0.00443 e. The zero-order valence-electron chi connectivity index (χ0n) is 11.2. The van der Waals surface area contributed by atoms with Gasteiger partial charge >= 0.3 is 0 Å². The number of nitrogens with two attached hydrogens (primary N) is 1. The van der Waals surface area contributed by atoms with Gasteiger partial charge in [-0.25, -0.2) is 0 Å². The maximum absolute atomic E-state index is 6.06. The van der Waals surface area contributed by atoms with Gasteiger partial charge in [-0.05, 0) is 44.6 Å². The van der Waals surface area contributed by atoms with Gasteiger partial charge in [0, 0.05) is 6.04 Å². The summed E-state index contributed by atoms with van der Waals surface area (Å²) >= 11 is 0. The van der Waals surface area contributed by atoms with Crippen LogP contribution < -0.4 is 5.73 Å². The summed E-state index contributed by atoms with van der Waals surface area (Å²) in [6, 6.07) is 7.05. The Balaban J connectivity index is 2.85. The van der Waals surface area contributed by atoms with Crippen molar-refractivity contribution >= 4 is 0 Å². The largest absolute Gasteiger partial charge is 0.328 e. The molecule has 1 nitrogen and oxygen atoms in total. The standard InChI is InChI=1S/C15H25N/c1-10(2)15(13(5)16)9-14-7-11(3)6-12(4)8-14/h6-8,10,13,15H,9,16H2,1-5H3. The number of rotatable bonds is 4. The number of aryl methyl sites for hydroxylation is 2. The van der Waals surface area contributed by atoms with E-state index in [1.54, 1.807) is 0 Å². The van der Waals surface area contributed by atoms with Crippen LogP contribution >= 0.6 is 0 Å². The Bertz CT molecular complexity index is 311. The second-order valence-corrected chi connectivity index (χ2v) is 5.47. The topological polar surface area (TPSA) is 26.0 Å². The minimum Gasteiger partial charge on any atom is -0.328 e. The lowest BCUT2D eigenvalue weighted by Crippen LogP contribution is -2.32. The molecule has 1 aromatic carbocycles. The van der Waals surface area contributed by atoms with Gasteiger partial charge in [0.1, 0.15) is 0 Å². The van der Waals surface area contributed by atoms with Gasteiger partial charge in [-0.2, -0.15) is 0 Å². The van der Waals surface area contributed by atoms with Gasteiger partial charge in [0.15, 0.2) is 0 Å². The Morgan fingerprint density at radius 3 is 1.88 bits per heavy atom. The van der Waals surface area contributed by atoms with Gasteiger partial charge < -0.3 is 5.73 Å². The second kappa shape index (κ2) is 5.49. The molecular formula is C15H25N. The van der Waals surface area contributed by atoms with Crippen molar-refractivity contribution in [2.75, 3.05) is 0 Å². The lowest BCUT2D eigenvalue weighted by molar-refractivity contribution is 0.330. The first kappa shape index (κ1) is 13.2. The fourth-order valence-corrected chi connectivity index (χ4v) is 2.49. The van der Waals surface area contributed by atoms with Crippen LogP contribution in [0.25, 0.3) is 0 Å². The Morgan fingerprint density at radius 1 is 1.00 bits per heavy atom. The molecule has 2 N–H and O–H groups in total. The van der Waals surface area contributed by atoms with E-state index in [4.69, 9.17) is 5.73 Å². The predicted molar refractivity (Wildman–Crippen MR) is 71.6 cm³/mol. The molecule has 0 aromatic heterocycles. The van der Waals surface area contributed by atoms with Crippen LogP contribution in [-0.4, -0.2) is 6.04 Å². The van der Waals surface area contributed by atoms with Gasteiger partial charge in [-0.15, -0.1) is 0 Å². The number of hydrogen-bond acceptors (Lipinski definition) is 1. The van der Waals surface area contributed by atoms with E-state index in [1.807, 2.05) is 0 Å². The molecule has 2 unspecified atom stereocenters. The highest BCUT2D eigenvalue weighted by Gasteiger charge is 2.18. The summed E-state index contributed by atoms with van der Waals surface area (Å²) in [7, 11) is 0. The normalized spacial score (nSPS) is 15.2. The monoisotopic (exact) mass is 219 g/mol. The zero-order chi connectivity index (χ0) is 12.3. The Labute approximate surface area is 100 Å². The second-order valence-electron chi connectivity index (χ2n) is 5.47. The summed E-state index contributed by atoms with van der Waals surface area (Å²) in [6.45, 7) is 11.0. The van der Waals surface area contributed by atoms with E-state index in [1.165, 1.54) is 16.7 Å². The van der Waals surface area contributed by atoms with Gasteiger partial charge in [0.25, 0.3) is 0 Å². The minimum atomic E-state index is 0.265. The van der Waals surface area contributed by atoms with Crippen LogP contribution in [0.5, 0.6) is 0 Å². The van der Waals surface area contributed by atoms with Crippen molar-refractivity contribution in [2.24, 2.45) is 17.6 Å². The highest BCUT2D eigenvalue weighted by atomic mass is 14.6. The molecule has 0 aliphatic rings. The molecule has 0 fully saturated rings. The van der Waals surface area contributed by atoms with Crippen LogP contribution in [0.15, 0.2) is 18.2 Å². The van der Waals surface area contributed by atoms with Crippen molar-refractivity contribution in [1.29, 1.82) is 0 Å². The van der Waals surface area contributed by atoms with E-state index < -0.39 is 0 Å². The molecular weight excluding hydrogens is 194 g/mol. The molecule has 90 valence electrons. The van der Waals surface area contributed by atoms with Crippen LogP contribution in [0.1, 0.15) is 37.5 Å². The van der Waals surface area contributed by atoms with E-state index in [2.05, 4.69) is 52.8 Å². The zero-order valence-corrected chi connectivity index (χ0v) is 11.2. The number of benzene rings is 1. The third-order valence-electron chi connectivity index (χ3n) is 3.28. The minimum absolute atomic E-state index is 0.265. The summed E-state index contributed by atoms with van der Waals surface area (Å²) in [5.41, 5.74) is 10.2. The Hall–Kier alpha value is -0.820. The number of hydrogen-bond donors (Lipinski definition) is 1.